The van der Waals surface area contributed by atoms with Crippen molar-refractivity contribution >= 4 is 11.6 Å². The molecule has 0 radical (unpaired) electrons. The number of anilines is 1. The Morgan fingerprint density at radius 3 is 2.47 bits per heavy atom. The SMILES string of the molecule is C=C/C=C(/NC(=O)c1ccc(N)cc1)N(C)N. The fraction of sp³-hybridized carbons (Fsp3) is 0.0833. The average Bonchev–Trinajstić information content (AvgIpc) is 2.29. The molecule has 90 valence electrons. The minimum absolute atomic E-state index is 0.254. The first kappa shape index (κ1) is 12.8. The molecule has 0 bridgehead atoms. The number of carbonyl (C=O) groups is 1. The van der Waals surface area contributed by atoms with Crippen molar-refractivity contribution in [3.63, 3.8) is 0 Å². The monoisotopic (exact) mass is 232 g/mol. The summed E-state index contributed by atoms with van der Waals surface area (Å²) in [5, 5.41) is 3.97. The second-order valence-electron chi connectivity index (χ2n) is 3.47. The zero-order valence-corrected chi connectivity index (χ0v) is 9.68. The number of hydrogen-bond acceptors (Lipinski definition) is 4. The quantitative estimate of drug-likeness (QED) is 0.311. The summed E-state index contributed by atoms with van der Waals surface area (Å²) in [6.45, 7) is 3.55. The molecule has 0 heterocycles. The number of nitrogens with zero attached hydrogens (tertiary/aromatic N) is 1. The van der Waals surface area contributed by atoms with E-state index in [9.17, 15) is 4.79 Å². The summed E-state index contributed by atoms with van der Waals surface area (Å²) in [4.78, 5) is 11.8. The molecule has 0 aliphatic heterocycles. The number of nitrogen functional groups attached to an aromatic ring is 1. The van der Waals surface area contributed by atoms with Crippen LogP contribution in [-0.4, -0.2) is 18.0 Å². The van der Waals surface area contributed by atoms with Crippen molar-refractivity contribution in [3.8, 4) is 0 Å². The van der Waals surface area contributed by atoms with Gasteiger partial charge in [-0.1, -0.05) is 12.7 Å². The number of nitrogens with one attached hydrogen (secondary N) is 1. The van der Waals surface area contributed by atoms with E-state index in [0.29, 0.717) is 17.1 Å². The molecule has 5 heteroatoms. The van der Waals surface area contributed by atoms with Crippen molar-refractivity contribution in [1.82, 2.24) is 10.3 Å². The Balaban J connectivity index is 2.81. The van der Waals surface area contributed by atoms with E-state index in [2.05, 4.69) is 11.9 Å². The Kier molecular flexibility index (Phi) is 4.30. The van der Waals surface area contributed by atoms with E-state index in [1.807, 2.05) is 0 Å². The van der Waals surface area contributed by atoms with Crippen LogP contribution >= 0.6 is 0 Å². The lowest BCUT2D eigenvalue weighted by Crippen LogP contribution is -2.36. The van der Waals surface area contributed by atoms with Gasteiger partial charge in [-0.05, 0) is 30.3 Å². The number of benzene rings is 1. The second kappa shape index (κ2) is 5.72. The molecular weight excluding hydrogens is 216 g/mol. The summed E-state index contributed by atoms with van der Waals surface area (Å²) in [6, 6.07) is 6.62. The Bertz CT molecular complexity index is 434. The van der Waals surface area contributed by atoms with Crippen LogP contribution in [0, 0.1) is 0 Å². The molecule has 5 N–H and O–H groups in total. The van der Waals surface area contributed by atoms with Gasteiger partial charge in [-0.15, -0.1) is 0 Å². The van der Waals surface area contributed by atoms with Gasteiger partial charge in [0.25, 0.3) is 5.91 Å². The highest BCUT2D eigenvalue weighted by atomic mass is 16.1. The molecule has 0 aromatic heterocycles. The van der Waals surface area contributed by atoms with Crippen LogP contribution in [0.25, 0.3) is 0 Å². The number of rotatable bonds is 4. The molecule has 0 saturated heterocycles. The van der Waals surface area contributed by atoms with E-state index in [1.54, 1.807) is 43.5 Å². The fourth-order valence-electron chi connectivity index (χ4n) is 1.18. The van der Waals surface area contributed by atoms with Gasteiger partial charge >= 0.3 is 0 Å². The summed E-state index contributed by atoms with van der Waals surface area (Å²) in [5.41, 5.74) is 6.66. The van der Waals surface area contributed by atoms with Gasteiger partial charge in [-0.3, -0.25) is 9.80 Å². The number of hydrogen-bond donors (Lipinski definition) is 3. The van der Waals surface area contributed by atoms with Crippen LogP contribution in [0.3, 0.4) is 0 Å². The van der Waals surface area contributed by atoms with Crippen molar-refractivity contribution < 1.29 is 4.79 Å². The number of hydrazine groups is 1. The van der Waals surface area contributed by atoms with Crippen LogP contribution in [0.15, 0.2) is 48.8 Å². The van der Waals surface area contributed by atoms with Gasteiger partial charge < -0.3 is 11.1 Å². The molecule has 1 amide bonds. The third-order valence-electron chi connectivity index (χ3n) is 2.07. The van der Waals surface area contributed by atoms with E-state index in [-0.39, 0.29) is 5.91 Å². The third-order valence-corrected chi connectivity index (χ3v) is 2.07. The maximum atomic E-state index is 11.8. The largest absolute Gasteiger partial charge is 0.399 e. The molecule has 0 spiro atoms. The Hall–Kier alpha value is -2.27. The first-order chi connectivity index (χ1) is 8.04. The Morgan fingerprint density at radius 1 is 1.41 bits per heavy atom. The van der Waals surface area contributed by atoms with Crippen molar-refractivity contribution in [2.75, 3.05) is 12.8 Å². The molecule has 0 aliphatic carbocycles. The summed E-state index contributed by atoms with van der Waals surface area (Å²) >= 11 is 0. The van der Waals surface area contributed by atoms with E-state index in [1.165, 1.54) is 5.01 Å². The summed E-state index contributed by atoms with van der Waals surface area (Å²) in [7, 11) is 1.62. The lowest BCUT2D eigenvalue weighted by atomic mass is 10.2. The molecule has 17 heavy (non-hydrogen) atoms. The van der Waals surface area contributed by atoms with E-state index in [0.717, 1.165) is 0 Å². The van der Waals surface area contributed by atoms with Crippen LogP contribution in [-0.2, 0) is 0 Å². The Labute approximate surface area is 100 Å². The standard InChI is InChI=1S/C12H16N4O/c1-3-4-11(16(2)14)15-12(17)9-5-7-10(13)8-6-9/h3-8H,1,13-14H2,2H3,(H,15,17)/b11-4-. The van der Waals surface area contributed by atoms with Gasteiger partial charge in [0.1, 0.15) is 5.82 Å². The first-order valence-corrected chi connectivity index (χ1v) is 5.02. The van der Waals surface area contributed by atoms with E-state index < -0.39 is 0 Å². The number of allylic oxidation sites excluding steroid dienone is 2. The van der Waals surface area contributed by atoms with Crippen LogP contribution < -0.4 is 16.9 Å². The van der Waals surface area contributed by atoms with E-state index in [4.69, 9.17) is 11.6 Å². The highest BCUT2D eigenvalue weighted by Gasteiger charge is 2.08. The highest BCUT2D eigenvalue weighted by molar-refractivity contribution is 5.95. The molecule has 1 aromatic carbocycles. The molecular formula is C12H16N4O. The van der Waals surface area contributed by atoms with Gasteiger partial charge in [-0.2, -0.15) is 0 Å². The maximum absolute atomic E-state index is 11.8. The van der Waals surface area contributed by atoms with Crippen molar-refractivity contribution in [1.29, 1.82) is 0 Å². The fourth-order valence-corrected chi connectivity index (χ4v) is 1.18. The highest BCUT2D eigenvalue weighted by Crippen LogP contribution is 2.06. The zero-order valence-electron chi connectivity index (χ0n) is 9.68. The van der Waals surface area contributed by atoms with Crippen molar-refractivity contribution in [2.45, 2.75) is 0 Å². The lowest BCUT2D eigenvalue weighted by molar-refractivity contribution is 0.0953. The average molecular weight is 232 g/mol. The van der Waals surface area contributed by atoms with Gasteiger partial charge in [0.15, 0.2) is 0 Å². The second-order valence-corrected chi connectivity index (χ2v) is 3.47. The maximum Gasteiger partial charge on any atom is 0.256 e. The number of nitrogens with two attached hydrogens (primary N) is 2. The van der Waals surface area contributed by atoms with Gasteiger partial charge in [0, 0.05) is 18.3 Å². The summed E-state index contributed by atoms with van der Waals surface area (Å²) in [6.07, 6.45) is 3.15. The zero-order chi connectivity index (χ0) is 12.8. The number of carbonyl (C=O) groups excluding carboxylic acids is 1. The lowest BCUT2D eigenvalue weighted by Gasteiger charge is -2.17. The molecule has 0 saturated carbocycles. The van der Waals surface area contributed by atoms with Crippen LogP contribution in [0.5, 0.6) is 0 Å². The normalized spacial score (nSPS) is 10.8. The van der Waals surface area contributed by atoms with Crippen LogP contribution in [0.2, 0.25) is 0 Å². The minimum Gasteiger partial charge on any atom is -0.399 e. The van der Waals surface area contributed by atoms with Crippen LogP contribution in [0.4, 0.5) is 5.69 Å². The molecule has 0 aliphatic rings. The Morgan fingerprint density at radius 2 is 2.00 bits per heavy atom. The minimum atomic E-state index is -0.254. The molecule has 1 rings (SSSR count). The van der Waals surface area contributed by atoms with E-state index >= 15 is 0 Å². The molecule has 1 aromatic rings. The third kappa shape index (κ3) is 3.66. The predicted octanol–water partition coefficient (Wildman–Crippen LogP) is 0.832. The van der Waals surface area contributed by atoms with Gasteiger partial charge in [0.05, 0.1) is 0 Å². The summed E-state index contributed by atoms with van der Waals surface area (Å²) in [5.74, 6) is 5.76. The summed E-state index contributed by atoms with van der Waals surface area (Å²) < 4.78 is 0. The molecule has 0 atom stereocenters. The molecule has 5 nitrogen and oxygen atoms in total. The van der Waals surface area contributed by atoms with Crippen LogP contribution in [0.1, 0.15) is 10.4 Å². The predicted molar refractivity (Wildman–Crippen MR) is 68.6 cm³/mol. The van der Waals surface area contributed by atoms with Crippen molar-refractivity contribution in [2.24, 2.45) is 5.84 Å². The topological polar surface area (TPSA) is 84.4 Å². The van der Waals surface area contributed by atoms with Gasteiger partial charge in [-0.25, -0.2) is 5.84 Å². The van der Waals surface area contributed by atoms with Crippen molar-refractivity contribution in [3.05, 3.63) is 54.4 Å². The smallest absolute Gasteiger partial charge is 0.256 e. The molecule has 0 unspecified atom stereocenters. The number of amides is 1. The first-order valence-electron chi connectivity index (χ1n) is 5.02. The molecule has 0 fully saturated rings. The van der Waals surface area contributed by atoms with Gasteiger partial charge in [0.2, 0.25) is 0 Å².